The normalized spacial score (nSPS) is 15.1. The molecule has 0 radical (unpaired) electrons. The van der Waals surface area contributed by atoms with E-state index in [-0.39, 0.29) is 30.5 Å². The summed E-state index contributed by atoms with van der Waals surface area (Å²) in [5.41, 5.74) is -0.417. The second-order valence-electron chi connectivity index (χ2n) is 7.00. The van der Waals surface area contributed by atoms with Gasteiger partial charge in [-0.25, -0.2) is 18.2 Å². The van der Waals surface area contributed by atoms with E-state index in [0.29, 0.717) is 19.0 Å². The average molecular weight is 541 g/mol. The predicted molar refractivity (Wildman–Crippen MR) is 124 cm³/mol. The summed E-state index contributed by atoms with van der Waals surface area (Å²) in [4.78, 5) is 18.6. The van der Waals surface area contributed by atoms with Crippen molar-refractivity contribution in [1.29, 1.82) is 0 Å². The van der Waals surface area contributed by atoms with Gasteiger partial charge in [0.2, 0.25) is 5.91 Å². The lowest BCUT2D eigenvalue weighted by Crippen LogP contribution is -2.39. The molecule has 1 heterocycles. The van der Waals surface area contributed by atoms with Crippen molar-refractivity contribution in [2.45, 2.75) is 39.0 Å². The van der Waals surface area contributed by atoms with E-state index in [4.69, 9.17) is 0 Å². The summed E-state index contributed by atoms with van der Waals surface area (Å²) in [5.74, 6) is -4.51. The molecule has 0 spiro atoms. The summed E-state index contributed by atoms with van der Waals surface area (Å²) in [6.45, 7) is 6.27. The number of amides is 1. The van der Waals surface area contributed by atoms with Gasteiger partial charge in [-0.1, -0.05) is 12.8 Å². The third-order valence-electron chi connectivity index (χ3n) is 4.68. The third kappa shape index (κ3) is 9.07. The molecule has 6 nitrogen and oxygen atoms in total. The van der Waals surface area contributed by atoms with E-state index < -0.39 is 29.0 Å². The lowest BCUT2D eigenvalue weighted by atomic mass is 10.2. The lowest BCUT2D eigenvalue weighted by molar-refractivity contribution is -0.114. The lowest BCUT2D eigenvalue weighted by Gasteiger charge is -2.20. The molecular weight excluding hydrogens is 510 g/mol. The van der Waals surface area contributed by atoms with Gasteiger partial charge in [0.05, 0.1) is 5.69 Å². The smallest absolute Gasteiger partial charge is 0.246 e. The Kier molecular flexibility index (Phi) is 12.7. The van der Waals surface area contributed by atoms with E-state index in [2.05, 4.69) is 25.8 Å². The second-order valence-corrected chi connectivity index (χ2v) is 7.00. The Morgan fingerprint density at radius 1 is 1.07 bits per heavy atom. The predicted octanol–water partition coefficient (Wildman–Crippen LogP) is 3.48. The Labute approximate surface area is 193 Å². The zero-order valence-corrected chi connectivity index (χ0v) is 19.6. The van der Waals surface area contributed by atoms with Gasteiger partial charge in [-0.05, 0) is 58.0 Å². The van der Waals surface area contributed by atoms with Crippen molar-refractivity contribution in [2.24, 2.45) is 4.99 Å². The number of hydrogen-bond acceptors (Lipinski definition) is 3. The molecular formula is C20H31F3IN5O. The van der Waals surface area contributed by atoms with E-state index in [0.717, 1.165) is 38.2 Å². The van der Waals surface area contributed by atoms with Gasteiger partial charge in [-0.3, -0.25) is 4.79 Å². The highest BCUT2D eigenvalue weighted by molar-refractivity contribution is 14.0. The maximum absolute atomic E-state index is 13.6. The fraction of sp³-hybridized carbons (Fsp3) is 0.600. The van der Waals surface area contributed by atoms with E-state index in [1.165, 1.54) is 25.7 Å². The number of anilines is 1. The number of rotatable bonds is 8. The quantitative estimate of drug-likeness (QED) is 0.155. The van der Waals surface area contributed by atoms with E-state index in [9.17, 15) is 18.0 Å². The van der Waals surface area contributed by atoms with Crippen LogP contribution in [0.4, 0.5) is 18.9 Å². The molecule has 1 aromatic rings. The molecule has 0 bridgehead atoms. The van der Waals surface area contributed by atoms with Crippen LogP contribution in [-0.4, -0.2) is 56.0 Å². The first-order valence-corrected chi connectivity index (χ1v) is 10.2. The van der Waals surface area contributed by atoms with Gasteiger partial charge in [-0.2, -0.15) is 0 Å². The van der Waals surface area contributed by atoms with Gasteiger partial charge in [0, 0.05) is 13.1 Å². The Balaban J connectivity index is 0.00000450. The molecule has 0 aliphatic carbocycles. The topological polar surface area (TPSA) is 68.8 Å². The third-order valence-corrected chi connectivity index (χ3v) is 4.68. The van der Waals surface area contributed by atoms with Crippen molar-refractivity contribution in [3.63, 3.8) is 0 Å². The first kappa shape index (κ1) is 26.5. The molecule has 30 heavy (non-hydrogen) atoms. The van der Waals surface area contributed by atoms with Crippen LogP contribution in [0.1, 0.15) is 39.0 Å². The molecule has 1 fully saturated rings. The van der Waals surface area contributed by atoms with Crippen molar-refractivity contribution >= 4 is 41.5 Å². The van der Waals surface area contributed by atoms with Crippen LogP contribution >= 0.6 is 24.0 Å². The first-order valence-electron chi connectivity index (χ1n) is 10.2. The van der Waals surface area contributed by atoms with Crippen molar-refractivity contribution < 1.29 is 18.0 Å². The van der Waals surface area contributed by atoms with Crippen molar-refractivity contribution in [3.8, 4) is 0 Å². The van der Waals surface area contributed by atoms with Gasteiger partial charge < -0.3 is 20.9 Å². The van der Waals surface area contributed by atoms with E-state index in [1.54, 1.807) is 0 Å². The summed E-state index contributed by atoms with van der Waals surface area (Å²) in [5, 5.41) is 8.41. The standard InChI is InChI=1S/C20H30F3N5O.HI/c1-2-24-20(25-10-7-13-28-11-5-3-4-6-12-28)26-14-17(29)27-16-9-8-15(21)18(22)19(16)23;/h8-9H,2-7,10-14H2,1H3,(H,27,29)(H2,24,25,26);1H. The molecule has 1 aliphatic rings. The fourth-order valence-corrected chi connectivity index (χ4v) is 3.17. The highest BCUT2D eigenvalue weighted by atomic mass is 127. The SMILES string of the molecule is CCNC(=NCC(=O)Nc1ccc(F)c(F)c1F)NCCCN1CCCCCC1.I. The maximum atomic E-state index is 13.6. The van der Waals surface area contributed by atoms with Crippen LogP contribution in [-0.2, 0) is 4.79 Å². The molecule has 10 heteroatoms. The van der Waals surface area contributed by atoms with Crippen LogP contribution in [0.25, 0.3) is 0 Å². The Hall–Kier alpha value is -1.56. The van der Waals surface area contributed by atoms with Gasteiger partial charge in [0.1, 0.15) is 6.54 Å². The van der Waals surface area contributed by atoms with Crippen LogP contribution in [0.15, 0.2) is 17.1 Å². The van der Waals surface area contributed by atoms with Crippen molar-refractivity contribution in [2.75, 3.05) is 44.6 Å². The molecule has 1 aliphatic heterocycles. The largest absolute Gasteiger partial charge is 0.357 e. The molecule has 3 N–H and O–H groups in total. The van der Waals surface area contributed by atoms with E-state index >= 15 is 0 Å². The zero-order chi connectivity index (χ0) is 21.1. The van der Waals surface area contributed by atoms with Crippen LogP contribution in [0.2, 0.25) is 0 Å². The van der Waals surface area contributed by atoms with Crippen LogP contribution < -0.4 is 16.0 Å². The number of carbonyl (C=O) groups excluding carboxylic acids is 1. The molecule has 0 unspecified atom stereocenters. The number of hydrogen-bond donors (Lipinski definition) is 3. The molecule has 0 saturated carbocycles. The molecule has 170 valence electrons. The number of likely N-dealkylation sites (tertiary alicyclic amines) is 1. The Bertz CT molecular complexity index is 697. The number of aliphatic imine (C=N–C) groups is 1. The molecule has 0 aromatic heterocycles. The van der Waals surface area contributed by atoms with Crippen molar-refractivity contribution in [3.05, 3.63) is 29.6 Å². The summed E-state index contributed by atoms with van der Waals surface area (Å²) >= 11 is 0. The van der Waals surface area contributed by atoms with Gasteiger partial charge in [0.25, 0.3) is 0 Å². The van der Waals surface area contributed by atoms with Crippen LogP contribution in [0, 0.1) is 17.5 Å². The molecule has 1 aromatic carbocycles. The molecule has 1 amide bonds. The van der Waals surface area contributed by atoms with E-state index in [1.807, 2.05) is 6.92 Å². The zero-order valence-electron chi connectivity index (χ0n) is 17.3. The minimum Gasteiger partial charge on any atom is -0.357 e. The van der Waals surface area contributed by atoms with Crippen LogP contribution in [0.5, 0.6) is 0 Å². The number of carbonyl (C=O) groups is 1. The van der Waals surface area contributed by atoms with Gasteiger partial charge >= 0.3 is 0 Å². The first-order chi connectivity index (χ1) is 14.0. The maximum Gasteiger partial charge on any atom is 0.246 e. The average Bonchev–Trinajstić information content (AvgIpc) is 2.98. The summed E-state index contributed by atoms with van der Waals surface area (Å²) in [7, 11) is 0. The highest BCUT2D eigenvalue weighted by Gasteiger charge is 2.15. The minimum atomic E-state index is -1.62. The minimum absolute atomic E-state index is 0. The number of guanidine groups is 1. The molecule has 0 atom stereocenters. The number of nitrogens with one attached hydrogen (secondary N) is 3. The number of nitrogens with zero attached hydrogens (tertiary/aromatic N) is 2. The summed E-state index contributed by atoms with van der Waals surface area (Å²) < 4.78 is 39.8. The monoisotopic (exact) mass is 541 g/mol. The summed E-state index contributed by atoms with van der Waals surface area (Å²) in [6, 6.07) is 1.73. The Morgan fingerprint density at radius 3 is 2.43 bits per heavy atom. The van der Waals surface area contributed by atoms with Gasteiger partial charge in [-0.15, -0.1) is 24.0 Å². The van der Waals surface area contributed by atoms with Crippen molar-refractivity contribution in [1.82, 2.24) is 15.5 Å². The highest BCUT2D eigenvalue weighted by Crippen LogP contribution is 2.19. The number of benzene rings is 1. The molecule has 1 saturated heterocycles. The van der Waals surface area contributed by atoms with Gasteiger partial charge in [0.15, 0.2) is 23.4 Å². The number of halogens is 4. The van der Waals surface area contributed by atoms with Crippen LogP contribution in [0.3, 0.4) is 0 Å². The summed E-state index contributed by atoms with van der Waals surface area (Å²) in [6.07, 6.45) is 6.08. The molecule has 2 rings (SSSR count). The second kappa shape index (κ2) is 14.4. The Morgan fingerprint density at radius 2 is 1.77 bits per heavy atom. The fourth-order valence-electron chi connectivity index (χ4n) is 3.17.